The van der Waals surface area contributed by atoms with Gasteiger partial charge in [0.05, 0.1) is 12.2 Å². The maximum atomic E-state index is 12.3. The normalized spacial score (nSPS) is 14.1. The number of hydrogen-bond donors (Lipinski definition) is 1. The number of nitrogens with one attached hydrogen (secondary N) is 1. The van der Waals surface area contributed by atoms with Gasteiger partial charge in [-0.15, -0.1) is 5.06 Å². The van der Waals surface area contributed by atoms with E-state index in [1.807, 2.05) is 0 Å². The molecule has 0 bridgehead atoms. The third kappa shape index (κ3) is 5.40. The first-order valence-corrected chi connectivity index (χ1v) is 9.15. The van der Waals surface area contributed by atoms with E-state index in [4.69, 9.17) is 21.2 Å². The second-order valence-electron chi connectivity index (χ2n) is 7.30. The van der Waals surface area contributed by atoms with Gasteiger partial charge in [-0.05, 0) is 39.0 Å². The number of carbonyl (C=O) groups excluding carboxylic acids is 2. The molecular formula is C19H21ClN4O4. The first kappa shape index (κ1) is 20.0. The number of fused-ring (bicyclic) bond motifs is 1. The Balaban J connectivity index is 1.62. The molecule has 0 spiro atoms. The maximum absolute atomic E-state index is 12.3. The Bertz CT molecular complexity index is 898. The number of nitrogens with zero attached hydrogens (tertiary/aromatic N) is 3. The van der Waals surface area contributed by atoms with Crippen LogP contribution in [0.2, 0.25) is 5.02 Å². The Morgan fingerprint density at radius 2 is 2.07 bits per heavy atom. The summed E-state index contributed by atoms with van der Waals surface area (Å²) in [6.07, 6.45) is 1.41. The second-order valence-corrected chi connectivity index (χ2v) is 7.74. The molecule has 0 atom stereocenters. The minimum absolute atomic E-state index is 0.213. The second kappa shape index (κ2) is 8.12. The zero-order valence-electron chi connectivity index (χ0n) is 15.9. The van der Waals surface area contributed by atoms with Gasteiger partial charge in [-0.3, -0.25) is 10.1 Å². The SMILES string of the molecule is CC(C)(C)OC(=O)ON1CCc2nc(NC(=O)c3cccc(Cl)c3)ncc2C1. The first-order chi connectivity index (χ1) is 13.2. The van der Waals surface area contributed by atoms with Gasteiger partial charge < -0.3 is 9.57 Å². The molecule has 0 aliphatic carbocycles. The number of ether oxygens (including phenoxy) is 1. The Morgan fingerprint density at radius 3 is 2.79 bits per heavy atom. The molecule has 0 saturated carbocycles. The lowest BCUT2D eigenvalue weighted by atomic mass is 10.1. The summed E-state index contributed by atoms with van der Waals surface area (Å²) in [6, 6.07) is 6.62. The molecule has 1 aromatic heterocycles. The lowest BCUT2D eigenvalue weighted by molar-refractivity contribution is -0.151. The molecule has 148 valence electrons. The van der Waals surface area contributed by atoms with E-state index in [1.165, 1.54) is 5.06 Å². The van der Waals surface area contributed by atoms with Gasteiger partial charge in [0.15, 0.2) is 0 Å². The van der Waals surface area contributed by atoms with Gasteiger partial charge in [0.1, 0.15) is 5.60 Å². The van der Waals surface area contributed by atoms with Crippen molar-refractivity contribution in [2.45, 2.75) is 39.3 Å². The van der Waals surface area contributed by atoms with E-state index in [2.05, 4.69) is 15.3 Å². The standard InChI is InChI=1S/C19H21ClN4O4/c1-19(2,3)27-18(26)28-24-8-7-15-13(11-24)10-21-17(22-15)23-16(25)12-5-4-6-14(20)9-12/h4-6,9-10H,7-8,11H2,1-3H3,(H,21,22,23,25). The summed E-state index contributed by atoms with van der Waals surface area (Å²) in [4.78, 5) is 37.9. The Hall–Kier alpha value is -2.71. The van der Waals surface area contributed by atoms with Crippen LogP contribution in [-0.4, -0.2) is 39.2 Å². The van der Waals surface area contributed by atoms with Crippen LogP contribution in [0.1, 0.15) is 42.4 Å². The van der Waals surface area contributed by atoms with Crippen LogP contribution in [-0.2, 0) is 22.5 Å². The fourth-order valence-electron chi connectivity index (χ4n) is 2.61. The van der Waals surface area contributed by atoms with Gasteiger partial charge in [-0.2, -0.15) is 0 Å². The summed E-state index contributed by atoms with van der Waals surface area (Å²) in [7, 11) is 0. The molecule has 0 fully saturated rings. The fraction of sp³-hybridized carbons (Fsp3) is 0.368. The summed E-state index contributed by atoms with van der Waals surface area (Å²) in [5, 5.41) is 4.65. The highest BCUT2D eigenvalue weighted by atomic mass is 35.5. The summed E-state index contributed by atoms with van der Waals surface area (Å²) in [5.41, 5.74) is 1.41. The smallest absolute Gasteiger partial charge is 0.427 e. The van der Waals surface area contributed by atoms with Gasteiger partial charge in [0.25, 0.3) is 5.91 Å². The fourth-order valence-corrected chi connectivity index (χ4v) is 2.80. The van der Waals surface area contributed by atoms with E-state index >= 15 is 0 Å². The topological polar surface area (TPSA) is 93.7 Å². The largest absolute Gasteiger partial charge is 0.528 e. The van der Waals surface area contributed by atoms with Crippen molar-refractivity contribution in [2.75, 3.05) is 11.9 Å². The molecule has 1 N–H and O–H groups in total. The van der Waals surface area contributed by atoms with Crippen molar-refractivity contribution in [3.63, 3.8) is 0 Å². The number of hydroxylamine groups is 2. The maximum Gasteiger partial charge on any atom is 0.528 e. The monoisotopic (exact) mass is 404 g/mol. The Morgan fingerprint density at radius 1 is 1.29 bits per heavy atom. The molecule has 1 aromatic carbocycles. The highest BCUT2D eigenvalue weighted by Crippen LogP contribution is 2.20. The lowest BCUT2D eigenvalue weighted by Gasteiger charge is -2.27. The van der Waals surface area contributed by atoms with Crippen LogP contribution in [0.4, 0.5) is 10.7 Å². The number of rotatable bonds is 3. The number of hydrogen-bond acceptors (Lipinski definition) is 7. The van der Waals surface area contributed by atoms with Crippen molar-refractivity contribution in [1.29, 1.82) is 0 Å². The van der Waals surface area contributed by atoms with Crippen LogP contribution in [0.25, 0.3) is 0 Å². The molecule has 1 aliphatic rings. The quantitative estimate of drug-likeness (QED) is 0.781. The van der Waals surface area contributed by atoms with Gasteiger partial charge in [0, 0.05) is 35.3 Å². The van der Waals surface area contributed by atoms with Crippen LogP contribution in [0.5, 0.6) is 0 Å². The van der Waals surface area contributed by atoms with Crippen LogP contribution in [0.15, 0.2) is 30.5 Å². The predicted molar refractivity (Wildman–Crippen MR) is 103 cm³/mol. The summed E-state index contributed by atoms with van der Waals surface area (Å²) < 4.78 is 5.15. The molecule has 1 aliphatic heterocycles. The van der Waals surface area contributed by atoms with Crippen molar-refractivity contribution in [3.05, 3.63) is 52.3 Å². The molecule has 28 heavy (non-hydrogen) atoms. The van der Waals surface area contributed by atoms with Crippen LogP contribution >= 0.6 is 11.6 Å². The minimum Gasteiger partial charge on any atom is -0.427 e. The van der Waals surface area contributed by atoms with Gasteiger partial charge in [-0.1, -0.05) is 17.7 Å². The Kier molecular flexibility index (Phi) is 5.81. The minimum atomic E-state index is -0.748. The Labute approximate surface area is 167 Å². The number of benzene rings is 1. The van der Waals surface area contributed by atoms with Crippen LogP contribution < -0.4 is 5.32 Å². The summed E-state index contributed by atoms with van der Waals surface area (Å²) in [6.45, 7) is 6.12. The molecule has 0 radical (unpaired) electrons. The molecule has 2 aromatic rings. The number of anilines is 1. The summed E-state index contributed by atoms with van der Waals surface area (Å²) >= 11 is 5.91. The van der Waals surface area contributed by atoms with Crippen molar-refractivity contribution in [1.82, 2.24) is 15.0 Å². The molecule has 0 saturated heterocycles. The van der Waals surface area contributed by atoms with E-state index in [-0.39, 0.29) is 11.9 Å². The number of halogens is 1. The molecule has 3 rings (SSSR count). The molecule has 0 unspecified atom stereocenters. The highest BCUT2D eigenvalue weighted by Gasteiger charge is 2.25. The first-order valence-electron chi connectivity index (χ1n) is 8.77. The van der Waals surface area contributed by atoms with E-state index in [9.17, 15) is 9.59 Å². The van der Waals surface area contributed by atoms with Crippen molar-refractivity contribution in [2.24, 2.45) is 0 Å². The van der Waals surface area contributed by atoms with Crippen LogP contribution in [0.3, 0.4) is 0 Å². The molecule has 2 heterocycles. The zero-order chi connectivity index (χ0) is 20.3. The van der Waals surface area contributed by atoms with Crippen LogP contribution in [0, 0.1) is 0 Å². The average Bonchev–Trinajstić information content (AvgIpc) is 2.60. The zero-order valence-corrected chi connectivity index (χ0v) is 16.6. The molecule has 8 nitrogen and oxygen atoms in total. The summed E-state index contributed by atoms with van der Waals surface area (Å²) in [5.74, 6) is -0.126. The number of aromatic nitrogens is 2. The van der Waals surface area contributed by atoms with E-state index in [1.54, 1.807) is 51.2 Å². The average molecular weight is 405 g/mol. The molecule has 1 amide bonds. The molecule has 9 heteroatoms. The van der Waals surface area contributed by atoms with E-state index in [0.717, 1.165) is 11.3 Å². The van der Waals surface area contributed by atoms with Crippen molar-refractivity contribution < 1.29 is 19.2 Å². The number of amides is 1. The van der Waals surface area contributed by atoms with Gasteiger partial charge in [0.2, 0.25) is 5.95 Å². The van der Waals surface area contributed by atoms with E-state index in [0.29, 0.717) is 30.1 Å². The van der Waals surface area contributed by atoms with Gasteiger partial charge >= 0.3 is 6.16 Å². The lowest BCUT2D eigenvalue weighted by Crippen LogP contribution is -2.36. The van der Waals surface area contributed by atoms with Crippen molar-refractivity contribution in [3.8, 4) is 0 Å². The molecular weight excluding hydrogens is 384 g/mol. The highest BCUT2D eigenvalue weighted by molar-refractivity contribution is 6.31. The predicted octanol–water partition coefficient (Wildman–Crippen LogP) is 3.61. The number of carbonyl (C=O) groups is 2. The van der Waals surface area contributed by atoms with Crippen molar-refractivity contribution >= 4 is 29.6 Å². The third-order valence-electron chi connectivity index (χ3n) is 3.80. The van der Waals surface area contributed by atoms with E-state index < -0.39 is 11.8 Å². The van der Waals surface area contributed by atoms with Gasteiger partial charge in [-0.25, -0.2) is 14.8 Å². The third-order valence-corrected chi connectivity index (χ3v) is 4.04.